The summed E-state index contributed by atoms with van der Waals surface area (Å²) in [4.78, 5) is 11.2. The number of rotatable bonds is 4. The van der Waals surface area contributed by atoms with Crippen LogP contribution in [0.4, 0.5) is 0 Å². The van der Waals surface area contributed by atoms with Crippen molar-refractivity contribution < 1.29 is 9.90 Å². The van der Waals surface area contributed by atoms with E-state index in [1.54, 1.807) is 4.68 Å². The summed E-state index contributed by atoms with van der Waals surface area (Å²) in [5.74, 6) is 0.500. The van der Waals surface area contributed by atoms with Crippen molar-refractivity contribution in [2.24, 2.45) is 5.10 Å². The van der Waals surface area contributed by atoms with Crippen molar-refractivity contribution in [1.82, 2.24) is 14.9 Å². The molecular weight excluding hydrogens is 300 g/mol. The van der Waals surface area contributed by atoms with Gasteiger partial charge in [-0.2, -0.15) is 9.78 Å². The Morgan fingerprint density at radius 1 is 1.27 bits per heavy atom. The van der Waals surface area contributed by atoms with Crippen LogP contribution in [0.1, 0.15) is 36.6 Å². The molecule has 0 bridgehead atoms. The molecule has 112 valence electrons. The summed E-state index contributed by atoms with van der Waals surface area (Å²) in [6, 6.07) is 9.72. The van der Waals surface area contributed by atoms with Crippen molar-refractivity contribution in [1.29, 1.82) is 0 Å². The number of carboxylic acid groups (broad SMARTS) is 1. The molecule has 1 atom stereocenters. The molecule has 7 heteroatoms. The van der Waals surface area contributed by atoms with Crippen LogP contribution in [-0.2, 0) is 4.79 Å². The number of carbonyl (C=O) groups is 1. The van der Waals surface area contributed by atoms with Crippen LogP contribution >= 0.6 is 11.8 Å². The van der Waals surface area contributed by atoms with Gasteiger partial charge in [0.05, 0.1) is 17.4 Å². The fourth-order valence-electron chi connectivity index (χ4n) is 2.54. The Labute approximate surface area is 131 Å². The van der Waals surface area contributed by atoms with Crippen molar-refractivity contribution in [2.75, 3.05) is 0 Å². The van der Waals surface area contributed by atoms with Crippen LogP contribution in [0, 0.1) is 0 Å². The summed E-state index contributed by atoms with van der Waals surface area (Å²) in [5.41, 5.74) is 1.73. The normalized spacial score (nSPS) is 20.4. The Morgan fingerprint density at radius 2 is 2.05 bits per heavy atom. The molecule has 1 N–H and O–H groups in total. The predicted octanol–water partition coefficient (Wildman–Crippen LogP) is 2.36. The van der Waals surface area contributed by atoms with E-state index in [9.17, 15) is 9.90 Å². The summed E-state index contributed by atoms with van der Waals surface area (Å²) < 4.78 is 1.79. The average molecular weight is 314 g/mol. The van der Waals surface area contributed by atoms with E-state index in [1.165, 1.54) is 11.8 Å². The number of benzene rings is 1. The third kappa shape index (κ3) is 2.41. The quantitative estimate of drug-likeness (QED) is 0.937. The molecule has 0 radical (unpaired) electrons. The fourth-order valence-corrected chi connectivity index (χ4v) is 3.64. The Bertz CT molecular complexity index is 752. The number of fused-ring (bicyclic) bond motifs is 1. The molecular formula is C15H14N4O2S. The number of nitrogens with zero attached hydrogens (tertiary/aromatic N) is 4. The highest BCUT2D eigenvalue weighted by Gasteiger charge is 2.35. The van der Waals surface area contributed by atoms with E-state index in [0.29, 0.717) is 11.1 Å². The molecule has 0 saturated heterocycles. The van der Waals surface area contributed by atoms with E-state index >= 15 is 0 Å². The second-order valence-electron chi connectivity index (χ2n) is 5.48. The lowest BCUT2D eigenvalue weighted by Gasteiger charge is -2.21. The van der Waals surface area contributed by atoms with Crippen LogP contribution in [0.15, 0.2) is 40.6 Å². The highest BCUT2D eigenvalue weighted by molar-refractivity contribution is 8.00. The molecule has 2 aromatic rings. The highest BCUT2D eigenvalue weighted by Crippen LogP contribution is 2.42. The molecule has 0 unspecified atom stereocenters. The second-order valence-corrected chi connectivity index (χ2v) is 6.65. The predicted molar refractivity (Wildman–Crippen MR) is 82.3 cm³/mol. The van der Waals surface area contributed by atoms with Gasteiger partial charge in [-0.3, -0.25) is 4.79 Å². The maximum absolute atomic E-state index is 11.2. The first kappa shape index (κ1) is 13.5. The van der Waals surface area contributed by atoms with Gasteiger partial charge in [-0.05, 0) is 18.4 Å². The molecule has 4 rings (SSSR count). The van der Waals surface area contributed by atoms with Gasteiger partial charge in [0.15, 0.2) is 5.82 Å². The maximum Gasteiger partial charge on any atom is 0.304 e. The Kier molecular flexibility index (Phi) is 3.22. The molecule has 6 nitrogen and oxygen atoms in total. The van der Waals surface area contributed by atoms with E-state index in [1.807, 2.05) is 30.3 Å². The summed E-state index contributed by atoms with van der Waals surface area (Å²) in [5, 5.41) is 22.7. The van der Waals surface area contributed by atoms with Crippen molar-refractivity contribution >= 4 is 23.4 Å². The largest absolute Gasteiger partial charge is 0.481 e. The number of aliphatic carboxylic acids is 1. The standard InChI is InChI=1S/C15H14N4O2S/c20-12(21)8-11-13(9-4-2-1-3-5-9)18-19-14(10-6-7-10)16-17-15(19)22-11/h1-5,10-11H,6-8H2,(H,20,21)/t11-/m0/s1. The maximum atomic E-state index is 11.2. The minimum atomic E-state index is -0.837. The molecule has 22 heavy (non-hydrogen) atoms. The lowest BCUT2D eigenvalue weighted by atomic mass is 10.1. The van der Waals surface area contributed by atoms with Crippen molar-refractivity contribution in [3.8, 4) is 0 Å². The lowest BCUT2D eigenvalue weighted by Crippen LogP contribution is -2.27. The minimum absolute atomic E-state index is 0.0179. The van der Waals surface area contributed by atoms with Gasteiger partial charge in [0, 0.05) is 5.92 Å². The second kappa shape index (κ2) is 5.24. The van der Waals surface area contributed by atoms with Crippen LogP contribution in [0.3, 0.4) is 0 Å². The van der Waals surface area contributed by atoms with Crippen molar-refractivity contribution in [3.63, 3.8) is 0 Å². The van der Waals surface area contributed by atoms with Crippen molar-refractivity contribution in [2.45, 2.75) is 35.6 Å². The molecule has 1 aromatic heterocycles. The first-order chi connectivity index (χ1) is 10.7. The third-order valence-electron chi connectivity index (χ3n) is 3.77. The molecule has 1 saturated carbocycles. The first-order valence-electron chi connectivity index (χ1n) is 7.20. The van der Waals surface area contributed by atoms with Gasteiger partial charge in [-0.1, -0.05) is 42.1 Å². The Morgan fingerprint density at radius 3 is 2.73 bits per heavy atom. The van der Waals surface area contributed by atoms with E-state index in [-0.39, 0.29) is 11.7 Å². The van der Waals surface area contributed by atoms with E-state index < -0.39 is 5.97 Å². The van der Waals surface area contributed by atoms with E-state index in [2.05, 4.69) is 10.2 Å². The fraction of sp³-hybridized carbons (Fsp3) is 0.333. The van der Waals surface area contributed by atoms with Gasteiger partial charge in [-0.15, -0.1) is 10.2 Å². The first-order valence-corrected chi connectivity index (χ1v) is 8.08. The summed E-state index contributed by atoms with van der Waals surface area (Å²) in [7, 11) is 0. The van der Waals surface area contributed by atoms with Crippen LogP contribution in [0.2, 0.25) is 0 Å². The third-order valence-corrected chi connectivity index (χ3v) is 4.91. The average Bonchev–Trinajstić information content (AvgIpc) is 3.27. The van der Waals surface area contributed by atoms with E-state index in [0.717, 1.165) is 29.9 Å². The molecule has 0 amide bonds. The highest BCUT2D eigenvalue weighted by atomic mass is 32.2. The van der Waals surface area contributed by atoms with Crippen LogP contribution in [-0.4, -0.2) is 36.9 Å². The van der Waals surface area contributed by atoms with E-state index in [4.69, 9.17) is 5.10 Å². The molecule has 2 heterocycles. The Balaban J connectivity index is 1.79. The van der Waals surface area contributed by atoms with Crippen molar-refractivity contribution in [3.05, 3.63) is 41.7 Å². The zero-order valence-electron chi connectivity index (χ0n) is 11.7. The van der Waals surface area contributed by atoms with Gasteiger partial charge in [0.2, 0.25) is 5.16 Å². The monoisotopic (exact) mass is 314 g/mol. The minimum Gasteiger partial charge on any atom is -0.481 e. The smallest absolute Gasteiger partial charge is 0.304 e. The van der Waals surface area contributed by atoms with Gasteiger partial charge in [-0.25, -0.2) is 0 Å². The van der Waals surface area contributed by atoms with Crippen LogP contribution in [0.25, 0.3) is 0 Å². The number of hydrogen-bond acceptors (Lipinski definition) is 5. The zero-order chi connectivity index (χ0) is 15.1. The van der Waals surface area contributed by atoms with Crippen LogP contribution in [0.5, 0.6) is 0 Å². The molecule has 1 fully saturated rings. The van der Waals surface area contributed by atoms with Gasteiger partial charge in [0.25, 0.3) is 0 Å². The lowest BCUT2D eigenvalue weighted by molar-refractivity contribution is -0.136. The number of aromatic nitrogens is 3. The SMILES string of the molecule is O=C(O)C[C@@H]1Sc2nnc(C3CC3)n2N=C1c1ccccc1. The zero-order valence-corrected chi connectivity index (χ0v) is 12.5. The summed E-state index contributed by atoms with van der Waals surface area (Å²) in [6.07, 6.45) is 2.26. The summed E-state index contributed by atoms with van der Waals surface area (Å²) in [6.45, 7) is 0. The topological polar surface area (TPSA) is 80.4 Å². The molecule has 2 aliphatic rings. The number of thioether (sulfide) groups is 1. The number of hydrogen-bond donors (Lipinski definition) is 1. The molecule has 0 spiro atoms. The van der Waals surface area contributed by atoms with Gasteiger partial charge < -0.3 is 5.11 Å². The van der Waals surface area contributed by atoms with Gasteiger partial charge in [0.1, 0.15) is 0 Å². The van der Waals surface area contributed by atoms with Crippen LogP contribution < -0.4 is 0 Å². The number of carboxylic acids is 1. The van der Waals surface area contributed by atoms with Gasteiger partial charge >= 0.3 is 5.97 Å². The summed E-state index contributed by atoms with van der Waals surface area (Å²) >= 11 is 1.43. The molecule has 1 aliphatic carbocycles. The molecule has 1 aliphatic heterocycles. The Hall–Kier alpha value is -2.15. The molecule has 1 aromatic carbocycles.